The molecule has 0 saturated carbocycles. The second-order valence-corrected chi connectivity index (χ2v) is 7.49. The van der Waals surface area contributed by atoms with Gasteiger partial charge in [0.05, 0.1) is 23.7 Å². The van der Waals surface area contributed by atoms with Gasteiger partial charge < -0.3 is 9.84 Å². The van der Waals surface area contributed by atoms with Gasteiger partial charge in [-0.25, -0.2) is 4.79 Å². The van der Waals surface area contributed by atoms with Crippen molar-refractivity contribution in [1.82, 2.24) is 0 Å². The molecule has 28 heavy (non-hydrogen) atoms. The van der Waals surface area contributed by atoms with E-state index in [9.17, 15) is 9.59 Å². The Morgan fingerprint density at radius 2 is 2.11 bits per heavy atom. The molecular weight excluding hydrogens is 424 g/mol. The Hall–Kier alpha value is -2.67. The molecule has 3 rings (SSSR count). The van der Waals surface area contributed by atoms with Crippen molar-refractivity contribution in [2.45, 2.75) is 20.3 Å². The zero-order valence-corrected chi connectivity index (χ0v) is 17.3. The van der Waals surface area contributed by atoms with Crippen LogP contribution in [-0.4, -0.2) is 36.2 Å². The van der Waals surface area contributed by atoms with Crippen molar-refractivity contribution in [2.24, 2.45) is 11.0 Å². The van der Waals surface area contributed by atoms with Gasteiger partial charge in [-0.3, -0.25) is 9.80 Å². The molecule has 2 aromatic rings. The van der Waals surface area contributed by atoms with E-state index in [0.717, 1.165) is 22.1 Å². The smallest absolute Gasteiger partial charge is 0.341 e. The third kappa shape index (κ3) is 4.25. The number of aryl methyl sites for hydroxylation is 2. The fraction of sp³-hybridized carbons (Fsp3) is 0.286. The number of rotatable bonds is 7. The first-order chi connectivity index (χ1) is 13.4. The number of halogens is 1. The molecule has 0 aliphatic carbocycles. The third-order valence-corrected chi connectivity index (χ3v) is 5.10. The standard InChI is InChI=1S/C21H21BrN2O4/c1-3-14-6-4-5-13(2)20(14)24-11-15(10-23-24)21(27)17-9-16(22)7-8-18(17)28-12-19(25)26/h4-10,15H,3,11-12H2,1-2H3,(H,25,26). The number of carbonyl (C=O) groups is 2. The molecule has 0 aromatic heterocycles. The van der Waals surface area contributed by atoms with E-state index in [1.165, 1.54) is 5.56 Å². The number of Topliss-reactive ketones (excluding diaryl/α,β-unsaturated/α-hetero) is 1. The molecule has 1 aliphatic heterocycles. The molecule has 0 spiro atoms. The summed E-state index contributed by atoms with van der Waals surface area (Å²) in [5.41, 5.74) is 3.67. The summed E-state index contributed by atoms with van der Waals surface area (Å²) < 4.78 is 6.02. The summed E-state index contributed by atoms with van der Waals surface area (Å²) in [6, 6.07) is 11.1. The average Bonchev–Trinajstić information content (AvgIpc) is 3.15. The first kappa shape index (κ1) is 20.1. The number of carboxylic acids is 1. The van der Waals surface area contributed by atoms with Crippen molar-refractivity contribution in [1.29, 1.82) is 0 Å². The number of aliphatic carboxylic acids is 1. The second kappa shape index (κ2) is 8.56. The molecule has 1 N–H and O–H groups in total. The first-order valence-corrected chi connectivity index (χ1v) is 9.78. The largest absolute Gasteiger partial charge is 0.481 e. The van der Waals surface area contributed by atoms with E-state index >= 15 is 0 Å². The summed E-state index contributed by atoms with van der Waals surface area (Å²) >= 11 is 3.36. The lowest BCUT2D eigenvalue weighted by Gasteiger charge is -2.21. The van der Waals surface area contributed by atoms with E-state index in [1.807, 2.05) is 24.1 Å². The van der Waals surface area contributed by atoms with E-state index in [2.05, 4.69) is 34.0 Å². The van der Waals surface area contributed by atoms with Crippen LogP contribution in [0.15, 0.2) is 46.0 Å². The Morgan fingerprint density at radius 3 is 2.82 bits per heavy atom. The molecule has 1 aliphatic rings. The fourth-order valence-corrected chi connectivity index (χ4v) is 3.64. The van der Waals surface area contributed by atoms with Crippen LogP contribution in [0.5, 0.6) is 5.75 Å². The minimum atomic E-state index is -1.10. The molecule has 0 saturated heterocycles. The number of hydrogen-bond acceptors (Lipinski definition) is 5. The number of ketones is 1. The molecule has 0 bridgehead atoms. The molecule has 0 radical (unpaired) electrons. The highest BCUT2D eigenvalue weighted by atomic mass is 79.9. The minimum absolute atomic E-state index is 0.153. The van der Waals surface area contributed by atoms with E-state index in [0.29, 0.717) is 12.1 Å². The van der Waals surface area contributed by atoms with E-state index in [1.54, 1.807) is 24.4 Å². The number of hydrogen-bond donors (Lipinski definition) is 1. The normalized spacial score (nSPS) is 15.7. The molecular formula is C21H21BrN2O4. The zero-order chi connectivity index (χ0) is 20.3. The van der Waals surface area contributed by atoms with Crippen LogP contribution in [0.3, 0.4) is 0 Å². The Balaban J connectivity index is 1.84. The lowest BCUT2D eigenvalue weighted by atomic mass is 9.97. The van der Waals surface area contributed by atoms with Crippen LogP contribution in [0.1, 0.15) is 28.4 Å². The van der Waals surface area contributed by atoms with Crippen molar-refractivity contribution in [3.63, 3.8) is 0 Å². The second-order valence-electron chi connectivity index (χ2n) is 6.58. The van der Waals surface area contributed by atoms with Crippen LogP contribution in [0, 0.1) is 12.8 Å². The Kier molecular flexibility index (Phi) is 6.14. The molecule has 2 aromatic carbocycles. The van der Waals surface area contributed by atoms with Crippen LogP contribution < -0.4 is 9.75 Å². The van der Waals surface area contributed by atoms with Gasteiger partial charge in [0.1, 0.15) is 5.75 Å². The lowest BCUT2D eigenvalue weighted by molar-refractivity contribution is -0.139. The lowest BCUT2D eigenvalue weighted by Crippen LogP contribution is -2.25. The summed E-state index contributed by atoms with van der Waals surface area (Å²) in [5, 5.41) is 15.2. The molecule has 1 heterocycles. The topological polar surface area (TPSA) is 79.2 Å². The van der Waals surface area contributed by atoms with Gasteiger partial charge in [-0.05, 0) is 42.7 Å². The number of anilines is 1. The summed E-state index contributed by atoms with van der Waals surface area (Å²) in [7, 11) is 0. The molecule has 1 atom stereocenters. The number of carboxylic acid groups (broad SMARTS) is 1. The molecule has 0 fully saturated rings. The minimum Gasteiger partial charge on any atom is -0.481 e. The van der Waals surface area contributed by atoms with Gasteiger partial charge in [-0.2, -0.15) is 5.10 Å². The van der Waals surface area contributed by atoms with Gasteiger partial charge in [0.15, 0.2) is 12.4 Å². The van der Waals surface area contributed by atoms with Gasteiger partial charge in [0.2, 0.25) is 0 Å². The summed E-state index contributed by atoms with van der Waals surface area (Å²) in [6.45, 7) is 4.05. The first-order valence-electron chi connectivity index (χ1n) is 8.99. The monoisotopic (exact) mass is 444 g/mol. The maximum absolute atomic E-state index is 13.1. The maximum atomic E-state index is 13.1. The molecule has 0 amide bonds. The van der Waals surface area contributed by atoms with Crippen LogP contribution in [0.2, 0.25) is 0 Å². The number of ether oxygens (including phenoxy) is 1. The number of carbonyl (C=O) groups excluding carboxylic acids is 1. The maximum Gasteiger partial charge on any atom is 0.341 e. The van der Waals surface area contributed by atoms with Crippen molar-refractivity contribution >= 4 is 39.6 Å². The fourth-order valence-electron chi connectivity index (χ4n) is 3.28. The van der Waals surface area contributed by atoms with Gasteiger partial charge in [-0.15, -0.1) is 0 Å². The summed E-state index contributed by atoms with van der Waals surface area (Å²) in [5.74, 6) is -1.43. The van der Waals surface area contributed by atoms with Crippen LogP contribution in [0.25, 0.3) is 0 Å². The van der Waals surface area contributed by atoms with Crippen molar-refractivity contribution in [2.75, 3.05) is 18.2 Å². The van der Waals surface area contributed by atoms with Crippen molar-refractivity contribution in [3.8, 4) is 5.75 Å². The van der Waals surface area contributed by atoms with E-state index < -0.39 is 18.5 Å². The highest BCUT2D eigenvalue weighted by Crippen LogP contribution is 2.31. The highest BCUT2D eigenvalue weighted by molar-refractivity contribution is 9.10. The highest BCUT2D eigenvalue weighted by Gasteiger charge is 2.29. The SMILES string of the molecule is CCc1cccc(C)c1N1CC(C(=O)c2cc(Br)ccc2OCC(=O)O)C=N1. The summed E-state index contributed by atoms with van der Waals surface area (Å²) in [6.07, 6.45) is 2.52. The predicted molar refractivity (Wildman–Crippen MR) is 111 cm³/mol. The van der Waals surface area contributed by atoms with Crippen LogP contribution in [0.4, 0.5) is 5.69 Å². The molecule has 146 valence electrons. The molecule has 6 nitrogen and oxygen atoms in total. The number of nitrogens with zero attached hydrogens (tertiary/aromatic N) is 2. The van der Waals surface area contributed by atoms with E-state index in [-0.39, 0.29) is 11.5 Å². The van der Waals surface area contributed by atoms with Crippen molar-refractivity contribution in [3.05, 3.63) is 57.6 Å². The van der Waals surface area contributed by atoms with Gasteiger partial charge >= 0.3 is 5.97 Å². The van der Waals surface area contributed by atoms with Gasteiger partial charge in [0.25, 0.3) is 0 Å². The Labute approximate surface area is 171 Å². The van der Waals surface area contributed by atoms with E-state index in [4.69, 9.17) is 9.84 Å². The zero-order valence-electron chi connectivity index (χ0n) is 15.7. The van der Waals surface area contributed by atoms with Gasteiger partial charge in [0, 0.05) is 10.7 Å². The predicted octanol–water partition coefficient (Wildman–Crippen LogP) is 4.09. The molecule has 7 heteroatoms. The third-order valence-electron chi connectivity index (χ3n) is 4.61. The van der Waals surface area contributed by atoms with Crippen LogP contribution >= 0.6 is 15.9 Å². The van der Waals surface area contributed by atoms with Crippen molar-refractivity contribution < 1.29 is 19.4 Å². The average molecular weight is 445 g/mol. The summed E-state index contributed by atoms with van der Waals surface area (Å²) in [4.78, 5) is 23.9. The number of para-hydroxylation sites is 1. The van der Waals surface area contributed by atoms with Gasteiger partial charge in [-0.1, -0.05) is 41.1 Å². The van der Waals surface area contributed by atoms with Crippen LogP contribution in [-0.2, 0) is 11.2 Å². The number of hydrazone groups is 1. The number of benzene rings is 2. The quantitative estimate of drug-likeness (QED) is 0.650. The Bertz CT molecular complexity index is 942. The molecule has 1 unspecified atom stereocenters. The Morgan fingerprint density at radius 1 is 1.32 bits per heavy atom.